The van der Waals surface area contributed by atoms with Gasteiger partial charge in [-0.05, 0) is 57.2 Å². The summed E-state index contributed by atoms with van der Waals surface area (Å²) in [7, 11) is 0. The Hall–Kier alpha value is -1.95. The highest BCUT2D eigenvalue weighted by Crippen LogP contribution is 2.31. The topological polar surface area (TPSA) is 49.9 Å². The monoisotopic (exact) mass is 376 g/mol. The maximum atomic E-state index is 13.3. The summed E-state index contributed by atoms with van der Waals surface area (Å²) in [5.74, 6) is -0.282. The van der Waals surface area contributed by atoms with Crippen molar-refractivity contribution in [3.05, 3.63) is 35.6 Å². The van der Waals surface area contributed by atoms with Crippen LogP contribution in [0.1, 0.15) is 45.1 Å². The first-order chi connectivity index (χ1) is 12.9. The summed E-state index contributed by atoms with van der Waals surface area (Å²) in [5.41, 5.74) is -0.101. The number of hydrogen-bond donors (Lipinski definition) is 0. The zero-order valence-corrected chi connectivity index (χ0v) is 16.2. The van der Waals surface area contributed by atoms with Crippen LogP contribution in [0.4, 0.5) is 4.39 Å². The van der Waals surface area contributed by atoms with Crippen LogP contribution in [0, 0.1) is 5.82 Å². The third kappa shape index (κ3) is 4.49. The number of carbonyl (C=O) groups is 2. The first-order valence-corrected chi connectivity index (χ1v) is 9.88. The second-order valence-electron chi connectivity index (χ2n) is 7.84. The molecule has 148 valence electrons. The highest BCUT2D eigenvalue weighted by molar-refractivity contribution is 5.87. The maximum absolute atomic E-state index is 13.3. The molecule has 1 atom stereocenters. The lowest BCUT2D eigenvalue weighted by molar-refractivity contribution is -0.175. The lowest BCUT2D eigenvalue weighted by Crippen LogP contribution is -2.61. The quantitative estimate of drug-likeness (QED) is 0.812. The predicted octanol–water partition coefficient (Wildman–Crippen LogP) is 2.78. The van der Waals surface area contributed by atoms with Crippen LogP contribution in [-0.2, 0) is 20.7 Å². The highest BCUT2D eigenvalue weighted by Gasteiger charge is 2.48. The van der Waals surface area contributed by atoms with Crippen molar-refractivity contribution in [3.8, 4) is 0 Å². The smallest absolute Gasteiger partial charge is 0.256 e. The van der Waals surface area contributed by atoms with Gasteiger partial charge in [-0.2, -0.15) is 0 Å². The minimum absolute atomic E-state index is 0.00456. The van der Waals surface area contributed by atoms with Crippen LogP contribution >= 0.6 is 0 Å². The van der Waals surface area contributed by atoms with Gasteiger partial charge in [0.2, 0.25) is 5.91 Å². The van der Waals surface area contributed by atoms with Crippen molar-refractivity contribution >= 4 is 11.8 Å². The Balaban J connectivity index is 1.67. The van der Waals surface area contributed by atoms with E-state index in [1.54, 1.807) is 11.0 Å². The summed E-state index contributed by atoms with van der Waals surface area (Å²) in [6, 6.07) is 6.46. The number of benzene rings is 1. The summed E-state index contributed by atoms with van der Waals surface area (Å²) in [6.07, 6.45) is 3.33. The molecule has 27 heavy (non-hydrogen) atoms. The number of halogens is 1. The van der Waals surface area contributed by atoms with Crippen LogP contribution < -0.4 is 0 Å². The SMILES string of the molecule is CC(C)N1CCCCC2(CN(C(=O)CCc3cccc(F)c3)CCO2)C1=O. The Morgan fingerprint density at radius 3 is 2.85 bits per heavy atom. The molecule has 1 aromatic carbocycles. The molecule has 1 unspecified atom stereocenters. The Labute approximate surface area is 160 Å². The molecule has 3 rings (SSSR count). The van der Waals surface area contributed by atoms with Gasteiger partial charge in [-0.25, -0.2) is 4.39 Å². The van der Waals surface area contributed by atoms with Gasteiger partial charge in [-0.1, -0.05) is 12.1 Å². The van der Waals surface area contributed by atoms with Crippen molar-refractivity contribution in [1.82, 2.24) is 9.80 Å². The molecule has 2 heterocycles. The highest BCUT2D eigenvalue weighted by atomic mass is 19.1. The van der Waals surface area contributed by atoms with Gasteiger partial charge in [-0.15, -0.1) is 0 Å². The number of hydrogen-bond acceptors (Lipinski definition) is 3. The molecule has 1 aromatic rings. The number of aryl methyl sites for hydroxylation is 1. The summed E-state index contributed by atoms with van der Waals surface area (Å²) < 4.78 is 19.3. The van der Waals surface area contributed by atoms with E-state index in [1.807, 2.05) is 24.8 Å². The number of likely N-dealkylation sites (tertiary alicyclic amines) is 1. The largest absolute Gasteiger partial charge is 0.361 e. The summed E-state index contributed by atoms with van der Waals surface area (Å²) in [6.45, 7) is 5.97. The fourth-order valence-corrected chi connectivity index (χ4v) is 4.04. The van der Waals surface area contributed by atoms with Crippen molar-refractivity contribution in [2.45, 2.75) is 57.6 Å². The molecule has 2 aliphatic rings. The Kier molecular flexibility index (Phi) is 6.15. The standard InChI is InChI=1S/C21H29FN2O3/c1-16(2)24-11-4-3-10-21(20(24)26)15-23(12-13-27-21)19(25)9-8-17-6-5-7-18(22)14-17/h5-7,14,16H,3-4,8-13,15H2,1-2H3. The predicted molar refractivity (Wildman–Crippen MR) is 101 cm³/mol. The number of amides is 2. The van der Waals surface area contributed by atoms with Crippen molar-refractivity contribution < 1.29 is 18.7 Å². The number of morpholine rings is 1. The van der Waals surface area contributed by atoms with Gasteiger partial charge in [0.1, 0.15) is 5.82 Å². The average molecular weight is 376 g/mol. The van der Waals surface area contributed by atoms with E-state index in [1.165, 1.54) is 12.1 Å². The van der Waals surface area contributed by atoms with Crippen molar-refractivity contribution in [2.75, 3.05) is 26.2 Å². The number of rotatable bonds is 4. The lowest BCUT2D eigenvalue weighted by Gasteiger charge is -2.43. The second-order valence-corrected chi connectivity index (χ2v) is 7.84. The van der Waals surface area contributed by atoms with Crippen molar-refractivity contribution in [1.29, 1.82) is 0 Å². The second kappa shape index (κ2) is 8.38. The minimum Gasteiger partial charge on any atom is -0.361 e. The van der Waals surface area contributed by atoms with Gasteiger partial charge >= 0.3 is 0 Å². The zero-order valence-electron chi connectivity index (χ0n) is 16.2. The van der Waals surface area contributed by atoms with E-state index in [9.17, 15) is 14.0 Å². The van der Waals surface area contributed by atoms with Crippen LogP contribution in [-0.4, -0.2) is 59.5 Å². The lowest BCUT2D eigenvalue weighted by atomic mass is 9.93. The Morgan fingerprint density at radius 1 is 1.30 bits per heavy atom. The summed E-state index contributed by atoms with van der Waals surface area (Å²) >= 11 is 0. The molecule has 0 aliphatic carbocycles. The van der Waals surface area contributed by atoms with Gasteiger partial charge in [0, 0.05) is 25.6 Å². The molecule has 2 fully saturated rings. The van der Waals surface area contributed by atoms with Crippen LogP contribution in [0.5, 0.6) is 0 Å². The molecule has 6 heteroatoms. The normalized spacial score (nSPS) is 23.8. The first-order valence-electron chi connectivity index (χ1n) is 9.88. The van der Waals surface area contributed by atoms with Gasteiger partial charge in [0.05, 0.1) is 13.2 Å². The molecular formula is C21H29FN2O3. The molecule has 0 aromatic heterocycles. The molecule has 1 spiro atoms. The fraction of sp³-hybridized carbons (Fsp3) is 0.619. The summed E-state index contributed by atoms with van der Waals surface area (Å²) in [4.78, 5) is 29.5. The summed E-state index contributed by atoms with van der Waals surface area (Å²) in [5, 5.41) is 0. The molecular weight excluding hydrogens is 347 g/mol. The third-order valence-corrected chi connectivity index (χ3v) is 5.56. The van der Waals surface area contributed by atoms with Crippen molar-refractivity contribution in [2.24, 2.45) is 0 Å². The van der Waals surface area contributed by atoms with E-state index in [0.29, 0.717) is 39.0 Å². The Bertz CT molecular complexity index is 694. The molecule has 0 N–H and O–H groups in total. The van der Waals surface area contributed by atoms with Gasteiger partial charge in [0.25, 0.3) is 5.91 Å². The van der Waals surface area contributed by atoms with Gasteiger partial charge in [0.15, 0.2) is 5.60 Å². The van der Waals surface area contributed by atoms with Crippen LogP contribution in [0.15, 0.2) is 24.3 Å². The van der Waals surface area contributed by atoms with Gasteiger partial charge in [-0.3, -0.25) is 9.59 Å². The molecule has 5 nitrogen and oxygen atoms in total. The van der Waals surface area contributed by atoms with Crippen molar-refractivity contribution in [3.63, 3.8) is 0 Å². The van der Waals surface area contributed by atoms with E-state index in [0.717, 1.165) is 24.9 Å². The minimum atomic E-state index is -0.909. The van der Waals surface area contributed by atoms with E-state index >= 15 is 0 Å². The Morgan fingerprint density at radius 2 is 2.11 bits per heavy atom. The van der Waals surface area contributed by atoms with Gasteiger partial charge < -0.3 is 14.5 Å². The number of ether oxygens (including phenoxy) is 1. The van der Waals surface area contributed by atoms with E-state index in [2.05, 4.69) is 0 Å². The molecule has 0 bridgehead atoms. The first kappa shape index (κ1) is 19.8. The van der Waals surface area contributed by atoms with Crippen LogP contribution in [0.2, 0.25) is 0 Å². The van der Waals surface area contributed by atoms with E-state index in [-0.39, 0.29) is 23.7 Å². The number of carbonyl (C=O) groups excluding carboxylic acids is 2. The molecule has 0 radical (unpaired) electrons. The molecule has 2 aliphatic heterocycles. The molecule has 0 saturated carbocycles. The van der Waals surface area contributed by atoms with Crippen LogP contribution in [0.25, 0.3) is 0 Å². The van der Waals surface area contributed by atoms with E-state index in [4.69, 9.17) is 4.74 Å². The zero-order chi connectivity index (χ0) is 19.4. The fourth-order valence-electron chi connectivity index (χ4n) is 4.04. The average Bonchev–Trinajstić information content (AvgIpc) is 2.80. The molecule has 2 saturated heterocycles. The van der Waals surface area contributed by atoms with E-state index < -0.39 is 5.60 Å². The van der Waals surface area contributed by atoms with Crippen LogP contribution in [0.3, 0.4) is 0 Å². The number of nitrogens with zero attached hydrogens (tertiary/aromatic N) is 2. The molecule has 2 amide bonds. The third-order valence-electron chi connectivity index (χ3n) is 5.56. The maximum Gasteiger partial charge on any atom is 0.256 e.